The quantitative estimate of drug-likeness (QED) is 0.105. The lowest BCUT2D eigenvalue weighted by molar-refractivity contribution is -0.151. The number of benzene rings is 1. The van der Waals surface area contributed by atoms with Crippen molar-refractivity contribution in [3.8, 4) is 11.5 Å². The lowest BCUT2D eigenvalue weighted by atomic mass is 9.47. The zero-order valence-corrected chi connectivity index (χ0v) is 28.1. The number of carbonyl (C=O) groups excluding carboxylic acids is 2. The molecular formula is C39H58O5. The van der Waals surface area contributed by atoms with Crippen LogP contribution in [0, 0.1) is 46.3 Å². The minimum absolute atomic E-state index is 0.00494. The average molecular weight is 607 g/mol. The van der Waals surface area contributed by atoms with Gasteiger partial charge in [0.1, 0.15) is 17.6 Å². The smallest absolute Gasteiger partial charge is 0.306 e. The summed E-state index contributed by atoms with van der Waals surface area (Å²) in [5, 5.41) is 9.80. The first-order chi connectivity index (χ1) is 21.0. The molecule has 3 fully saturated rings. The van der Waals surface area contributed by atoms with Gasteiger partial charge in [0.15, 0.2) is 6.29 Å². The van der Waals surface area contributed by atoms with Crippen LogP contribution in [-0.4, -0.2) is 30.1 Å². The second-order valence-electron chi connectivity index (χ2n) is 15.8. The fourth-order valence-corrected chi connectivity index (χ4v) is 10.3. The first kappa shape index (κ1) is 33.1. The Bertz CT molecular complexity index is 1190. The fraction of sp³-hybridized carbons (Fsp3) is 0.744. The van der Waals surface area contributed by atoms with Crippen LogP contribution in [0.15, 0.2) is 29.8 Å². The summed E-state index contributed by atoms with van der Waals surface area (Å²) in [5.41, 5.74) is 2.60. The van der Waals surface area contributed by atoms with Crippen LogP contribution in [-0.2, 0) is 9.53 Å². The van der Waals surface area contributed by atoms with E-state index in [4.69, 9.17) is 9.47 Å². The molecule has 5 rings (SSSR count). The predicted octanol–water partition coefficient (Wildman–Crippen LogP) is 9.71. The summed E-state index contributed by atoms with van der Waals surface area (Å²) in [6.07, 6.45) is 19.1. The van der Waals surface area contributed by atoms with Crippen LogP contribution >= 0.6 is 0 Å². The van der Waals surface area contributed by atoms with Crippen molar-refractivity contribution < 1.29 is 24.2 Å². The number of fused-ring (bicyclic) bond motifs is 5. The molecule has 1 aromatic rings. The lowest BCUT2D eigenvalue weighted by Crippen LogP contribution is -2.51. The van der Waals surface area contributed by atoms with E-state index in [9.17, 15) is 14.7 Å². The normalized spacial score (nSPS) is 33.5. The summed E-state index contributed by atoms with van der Waals surface area (Å²) in [5.74, 6) is 5.36. The van der Waals surface area contributed by atoms with Gasteiger partial charge in [0, 0.05) is 18.9 Å². The van der Waals surface area contributed by atoms with Gasteiger partial charge in [-0.1, -0.05) is 65.5 Å². The van der Waals surface area contributed by atoms with E-state index in [1.807, 2.05) is 0 Å². The molecule has 0 aliphatic heterocycles. The molecule has 0 saturated heterocycles. The van der Waals surface area contributed by atoms with Crippen molar-refractivity contribution in [2.24, 2.45) is 46.3 Å². The Morgan fingerprint density at radius 2 is 1.84 bits per heavy atom. The molecule has 0 unspecified atom stereocenters. The molecule has 244 valence electrons. The number of aromatic hydroxyl groups is 1. The molecule has 3 saturated carbocycles. The first-order valence-electron chi connectivity index (χ1n) is 17.8. The Hall–Kier alpha value is -2.30. The van der Waals surface area contributed by atoms with Gasteiger partial charge in [0.2, 0.25) is 0 Å². The Balaban J connectivity index is 1.09. The number of hydrogen-bond donors (Lipinski definition) is 1. The number of rotatable bonds is 13. The number of phenolic OH excluding ortho intramolecular Hbond substituents is 1. The second-order valence-corrected chi connectivity index (χ2v) is 15.8. The molecule has 5 nitrogen and oxygen atoms in total. The van der Waals surface area contributed by atoms with E-state index in [1.165, 1.54) is 57.4 Å². The highest BCUT2D eigenvalue weighted by molar-refractivity contribution is 5.79. The minimum atomic E-state index is -0.103. The van der Waals surface area contributed by atoms with Crippen LogP contribution in [0.5, 0.6) is 11.5 Å². The number of allylic oxidation sites excluding steroid dienone is 1. The predicted molar refractivity (Wildman–Crippen MR) is 176 cm³/mol. The van der Waals surface area contributed by atoms with E-state index in [2.05, 4.69) is 40.7 Å². The van der Waals surface area contributed by atoms with Crippen LogP contribution in [0.2, 0.25) is 0 Å². The van der Waals surface area contributed by atoms with Crippen molar-refractivity contribution >= 4 is 12.3 Å². The van der Waals surface area contributed by atoms with Crippen molar-refractivity contribution in [1.29, 1.82) is 0 Å². The zero-order chi connectivity index (χ0) is 31.5. The highest BCUT2D eigenvalue weighted by Crippen LogP contribution is 2.67. The Labute approximate surface area is 266 Å². The molecule has 4 aliphatic carbocycles. The SMILES string of the molecule is CC(C)CCC[C@@H](C)[C@H]1CC[C@H]2[C@@H]3CC=C4C[C@@H](OC(=O)CCCCOc5ccc(C=O)c(O)c5)CC[C@]4(C)[C@H]3CC[C@]12C. The van der Waals surface area contributed by atoms with E-state index in [-0.39, 0.29) is 28.8 Å². The summed E-state index contributed by atoms with van der Waals surface area (Å²) in [4.78, 5) is 23.6. The molecule has 5 heteroatoms. The van der Waals surface area contributed by atoms with E-state index >= 15 is 0 Å². The van der Waals surface area contributed by atoms with Gasteiger partial charge in [-0.25, -0.2) is 0 Å². The average Bonchev–Trinajstić information content (AvgIpc) is 3.34. The van der Waals surface area contributed by atoms with Crippen LogP contribution < -0.4 is 4.74 Å². The Morgan fingerprint density at radius 1 is 1.02 bits per heavy atom. The molecular weight excluding hydrogens is 548 g/mol. The lowest BCUT2D eigenvalue weighted by Gasteiger charge is -2.58. The number of hydrogen-bond acceptors (Lipinski definition) is 5. The number of esters is 1. The van der Waals surface area contributed by atoms with E-state index in [1.54, 1.807) is 17.7 Å². The molecule has 0 radical (unpaired) electrons. The van der Waals surface area contributed by atoms with Gasteiger partial charge >= 0.3 is 5.97 Å². The number of unbranched alkanes of at least 4 members (excludes halogenated alkanes) is 1. The standard InChI is InChI=1S/C39H58O5/c1-26(2)9-8-10-27(3)33-16-17-34-32-15-13-29-23-31(18-20-38(29,4)35(32)19-21-39(33,34)5)44-37(42)11-6-7-22-43-30-14-12-28(25-40)36(41)24-30/h12-14,24-27,31-35,41H,6-11,15-23H2,1-5H3/t27-,31+,32+,33-,34+,35+,38+,39-/m1/s1. The highest BCUT2D eigenvalue weighted by Gasteiger charge is 2.59. The Morgan fingerprint density at radius 3 is 2.59 bits per heavy atom. The number of aldehydes is 1. The molecule has 0 heterocycles. The van der Waals surface area contributed by atoms with Gasteiger partial charge in [0.25, 0.3) is 0 Å². The summed E-state index contributed by atoms with van der Waals surface area (Å²) in [6, 6.07) is 4.66. The molecule has 0 aromatic heterocycles. The van der Waals surface area contributed by atoms with E-state index < -0.39 is 0 Å². The molecule has 4 aliphatic rings. The summed E-state index contributed by atoms with van der Waals surface area (Å²) >= 11 is 0. The van der Waals surface area contributed by atoms with Gasteiger partial charge in [0.05, 0.1) is 12.2 Å². The molecule has 1 N–H and O–H groups in total. The highest BCUT2D eigenvalue weighted by atomic mass is 16.5. The van der Waals surface area contributed by atoms with Crippen molar-refractivity contribution in [2.45, 2.75) is 131 Å². The van der Waals surface area contributed by atoms with Crippen LogP contribution in [0.3, 0.4) is 0 Å². The maximum atomic E-state index is 12.7. The summed E-state index contributed by atoms with van der Waals surface area (Å²) < 4.78 is 11.7. The van der Waals surface area contributed by atoms with Gasteiger partial charge < -0.3 is 14.6 Å². The molecule has 1 aromatic carbocycles. The maximum Gasteiger partial charge on any atom is 0.306 e. The third-order valence-corrected chi connectivity index (χ3v) is 12.7. The van der Waals surface area contributed by atoms with Crippen LogP contribution in [0.4, 0.5) is 0 Å². The van der Waals surface area contributed by atoms with Crippen molar-refractivity contribution in [3.63, 3.8) is 0 Å². The largest absolute Gasteiger partial charge is 0.507 e. The maximum absolute atomic E-state index is 12.7. The van der Waals surface area contributed by atoms with E-state index in [0.717, 1.165) is 61.2 Å². The van der Waals surface area contributed by atoms with Gasteiger partial charge in [-0.05, 0) is 116 Å². The topological polar surface area (TPSA) is 72.8 Å². The fourth-order valence-electron chi connectivity index (χ4n) is 10.3. The van der Waals surface area contributed by atoms with Crippen LogP contribution in [0.25, 0.3) is 0 Å². The first-order valence-corrected chi connectivity index (χ1v) is 17.8. The van der Waals surface area contributed by atoms with Gasteiger partial charge in [-0.15, -0.1) is 0 Å². The molecule has 44 heavy (non-hydrogen) atoms. The summed E-state index contributed by atoms with van der Waals surface area (Å²) in [6.45, 7) is 12.9. The van der Waals surface area contributed by atoms with Gasteiger partial charge in [-0.3, -0.25) is 9.59 Å². The third kappa shape index (κ3) is 6.92. The second kappa shape index (κ2) is 14.0. The number of carbonyl (C=O) groups is 2. The van der Waals surface area contributed by atoms with Crippen molar-refractivity contribution in [2.75, 3.05) is 6.61 Å². The zero-order valence-electron chi connectivity index (χ0n) is 28.1. The van der Waals surface area contributed by atoms with Crippen LogP contribution in [0.1, 0.15) is 135 Å². The molecule has 8 atom stereocenters. The minimum Gasteiger partial charge on any atom is -0.507 e. The molecule has 0 bridgehead atoms. The van der Waals surface area contributed by atoms with Crippen molar-refractivity contribution in [1.82, 2.24) is 0 Å². The monoisotopic (exact) mass is 606 g/mol. The third-order valence-electron chi connectivity index (χ3n) is 12.7. The number of ether oxygens (including phenoxy) is 2. The van der Waals surface area contributed by atoms with Crippen molar-refractivity contribution in [3.05, 3.63) is 35.4 Å². The molecule has 0 spiro atoms. The van der Waals surface area contributed by atoms with Gasteiger partial charge in [-0.2, -0.15) is 0 Å². The Kier molecular flexibility index (Phi) is 10.5. The summed E-state index contributed by atoms with van der Waals surface area (Å²) in [7, 11) is 0. The van der Waals surface area contributed by atoms with E-state index in [0.29, 0.717) is 36.9 Å². The number of phenols is 1. The molecule has 0 amide bonds.